The lowest BCUT2D eigenvalue weighted by Crippen LogP contribution is -2.01. The molecule has 2 rings (SSSR count). The molecule has 0 saturated carbocycles. The van der Waals surface area contributed by atoms with Crippen LogP contribution >= 0.6 is 11.6 Å². The van der Waals surface area contributed by atoms with Crippen molar-refractivity contribution in [1.82, 2.24) is 9.97 Å². The van der Waals surface area contributed by atoms with Crippen LogP contribution in [0.4, 0.5) is 8.78 Å². The van der Waals surface area contributed by atoms with Crippen LogP contribution in [0.5, 0.6) is 5.75 Å². The van der Waals surface area contributed by atoms with Crippen molar-refractivity contribution in [3.05, 3.63) is 41.3 Å². The van der Waals surface area contributed by atoms with E-state index in [1.54, 1.807) is 0 Å². The minimum atomic E-state index is -0.659. The van der Waals surface area contributed by atoms with Crippen LogP contribution < -0.4 is 4.74 Å². The Kier molecular flexibility index (Phi) is 5.98. The van der Waals surface area contributed by atoms with Gasteiger partial charge in [-0.25, -0.2) is 18.7 Å². The first-order chi connectivity index (χ1) is 11.0. The van der Waals surface area contributed by atoms with Crippen LogP contribution in [0.15, 0.2) is 24.4 Å². The van der Waals surface area contributed by atoms with Crippen LogP contribution in [0, 0.1) is 11.6 Å². The number of benzene rings is 1. The van der Waals surface area contributed by atoms with E-state index in [9.17, 15) is 13.6 Å². The van der Waals surface area contributed by atoms with Gasteiger partial charge in [-0.1, -0.05) is 0 Å². The molecule has 0 radical (unpaired) electrons. The van der Waals surface area contributed by atoms with Crippen molar-refractivity contribution >= 4 is 17.4 Å². The lowest BCUT2D eigenvalue weighted by atomic mass is 10.1. The summed E-state index contributed by atoms with van der Waals surface area (Å²) in [5.41, 5.74) is 0.318. The van der Waals surface area contributed by atoms with Crippen molar-refractivity contribution in [1.29, 1.82) is 0 Å². The van der Waals surface area contributed by atoms with Gasteiger partial charge in [0, 0.05) is 12.0 Å². The van der Waals surface area contributed by atoms with Gasteiger partial charge in [0.05, 0.1) is 12.8 Å². The summed E-state index contributed by atoms with van der Waals surface area (Å²) in [5.74, 6) is -1.11. The number of hydrogen-bond donors (Lipinski definition) is 0. The van der Waals surface area contributed by atoms with Gasteiger partial charge in [0.2, 0.25) is 5.28 Å². The smallest absolute Gasteiger partial charge is 0.223 e. The summed E-state index contributed by atoms with van der Waals surface area (Å²) in [7, 11) is 0. The van der Waals surface area contributed by atoms with Crippen LogP contribution in [0.1, 0.15) is 26.2 Å². The Balaban J connectivity index is 2.09. The third-order valence-corrected chi connectivity index (χ3v) is 3.28. The molecule has 0 N–H and O–H groups in total. The number of rotatable bonds is 7. The van der Waals surface area contributed by atoms with Crippen molar-refractivity contribution in [2.75, 3.05) is 6.61 Å². The molecule has 1 aromatic carbocycles. The first-order valence-electron chi connectivity index (χ1n) is 7.07. The fourth-order valence-corrected chi connectivity index (χ4v) is 2.10. The minimum Gasteiger partial charge on any atom is -0.490 e. The highest BCUT2D eigenvalue weighted by atomic mass is 35.5. The number of hydrogen-bond acceptors (Lipinski definition) is 4. The quantitative estimate of drug-likeness (QED) is 0.559. The molecule has 0 spiro atoms. The van der Waals surface area contributed by atoms with Gasteiger partial charge < -0.3 is 9.53 Å². The molecule has 0 fully saturated rings. The monoisotopic (exact) mass is 340 g/mol. The van der Waals surface area contributed by atoms with Crippen molar-refractivity contribution in [3.63, 3.8) is 0 Å². The van der Waals surface area contributed by atoms with Crippen molar-refractivity contribution in [3.8, 4) is 17.0 Å². The standard InChI is InChI=1S/C16H15ClF2N2O2/c1-10(22)4-2-3-7-23-14-8-11(5-6-12(14)18)15-13(19)9-20-16(17)21-15/h5-6,8-9H,2-4,7H2,1H3. The van der Waals surface area contributed by atoms with E-state index in [0.717, 1.165) is 6.20 Å². The summed E-state index contributed by atoms with van der Waals surface area (Å²) < 4.78 is 32.9. The molecule has 0 amide bonds. The van der Waals surface area contributed by atoms with E-state index in [4.69, 9.17) is 16.3 Å². The molecule has 0 aliphatic rings. The number of ether oxygens (including phenoxy) is 1. The average molecular weight is 341 g/mol. The fraction of sp³-hybridized carbons (Fsp3) is 0.312. The Bertz CT molecular complexity index is 710. The third kappa shape index (κ3) is 4.96. The normalized spacial score (nSPS) is 10.6. The number of aromatic nitrogens is 2. The van der Waals surface area contributed by atoms with Gasteiger partial charge in [-0.15, -0.1) is 0 Å². The zero-order valence-electron chi connectivity index (χ0n) is 12.5. The highest BCUT2D eigenvalue weighted by Crippen LogP contribution is 2.27. The van der Waals surface area contributed by atoms with Gasteiger partial charge in [0.15, 0.2) is 17.4 Å². The Morgan fingerprint density at radius 1 is 1.26 bits per heavy atom. The second-order valence-corrected chi connectivity index (χ2v) is 5.33. The van der Waals surface area contributed by atoms with Crippen LogP contribution in [-0.2, 0) is 4.79 Å². The molecule has 0 aliphatic carbocycles. The molecule has 0 aliphatic heterocycles. The molecule has 1 heterocycles. The van der Waals surface area contributed by atoms with E-state index < -0.39 is 11.6 Å². The number of unbranched alkanes of at least 4 members (excludes halogenated alkanes) is 1. The van der Waals surface area contributed by atoms with E-state index in [-0.39, 0.29) is 29.1 Å². The van der Waals surface area contributed by atoms with E-state index in [0.29, 0.717) is 24.8 Å². The van der Waals surface area contributed by atoms with Gasteiger partial charge in [0.1, 0.15) is 11.5 Å². The summed E-state index contributed by atoms with van der Waals surface area (Å²) in [4.78, 5) is 18.2. The van der Waals surface area contributed by atoms with Crippen molar-refractivity contribution < 1.29 is 18.3 Å². The van der Waals surface area contributed by atoms with E-state index in [1.807, 2.05) is 0 Å². The molecule has 0 atom stereocenters. The largest absolute Gasteiger partial charge is 0.490 e. The molecule has 122 valence electrons. The molecule has 0 bridgehead atoms. The van der Waals surface area contributed by atoms with Gasteiger partial charge >= 0.3 is 0 Å². The maximum Gasteiger partial charge on any atom is 0.223 e. The summed E-state index contributed by atoms with van der Waals surface area (Å²) in [6, 6.07) is 3.93. The molecule has 4 nitrogen and oxygen atoms in total. The van der Waals surface area contributed by atoms with Crippen molar-refractivity contribution in [2.45, 2.75) is 26.2 Å². The van der Waals surface area contributed by atoms with Gasteiger partial charge in [0.25, 0.3) is 0 Å². The zero-order valence-corrected chi connectivity index (χ0v) is 13.2. The van der Waals surface area contributed by atoms with E-state index in [2.05, 4.69) is 9.97 Å². The minimum absolute atomic E-state index is 0.000500. The highest BCUT2D eigenvalue weighted by molar-refractivity contribution is 6.28. The number of ketones is 1. The average Bonchev–Trinajstić information content (AvgIpc) is 2.51. The zero-order chi connectivity index (χ0) is 16.8. The van der Waals surface area contributed by atoms with E-state index >= 15 is 0 Å². The van der Waals surface area contributed by atoms with Crippen LogP contribution in [0.3, 0.4) is 0 Å². The van der Waals surface area contributed by atoms with Crippen LogP contribution in [0.2, 0.25) is 5.28 Å². The number of nitrogens with zero attached hydrogens (tertiary/aromatic N) is 2. The Morgan fingerprint density at radius 3 is 2.78 bits per heavy atom. The second kappa shape index (κ2) is 7.97. The Morgan fingerprint density at radius 2 is 2.04 bits per heavy atom. The molecular formula is C16H15ClF2N2O2. The molecule has 7 heteroatoms. The lowest BCUT2D eigenvalue weighted by molar-refractivity contribution is -0.117. The second-order valence-electron chi connectivity index (χ2n) is 4.99. The predicted molar refractivity (Wildman–Crippen MR) is 82.4 cm³/mol. The number of halogens is 3. The molecule has 2 aromatic rings. The Hall–Kier alpha value is -2.08. The highest BCUT2D eigenvalue weighted by Gasteiger charge is 2.12. The lowest BCUT2D eigenvalue weighted by Gasteiger charge is -2.09. The Labute approximate surface area is 137 Å². The van der Waals surface area contributed by atoms with Gasteiger partial charge in [-0.3, -0.25) is 0 Å². The third-order valence-electron chi connectivity index (χ3n) is 3.10. The summed E-state index contributed by atoms with van der Waals surface area (Å²) in [6.07, 6.45) is 2.72. The van der Waals surface area contributed by atoms with Crippen LogP contribution in [-0.4, -0.2) is 22.4 Å². The SMILES string of the molecule is CC(=O)CCCCOc1cc(-c2nc(Cl)ncc2F)ccc1F. The first kappa shape index (κ1) is 17.3. The molecule has 23 heavy (non-hydrogen) atoms. The molecule has 0 saturated heterocycles. The molecule has 1 aromatic heterocycles. The molecule has 0 unspecified atom stereocenters. The number of carbonyl (C=O) groups excluding carboxylic acids is 1. The van der Waals surface area contributed by atoms with Crippen LogP contribution in [0.25, 0.3) is 11.3 Å². The summed E-state index contributed by atoms with van der Waals surface area (Å²) in [5, 5.41) is -0.0996. The van der Waals surface area contributed by atoms with E-state index in [1.165, 1.54) is 25.1 Å². The summed E-state index contributed by atoms with van der Waals surface area (Å²) in [6.45, 7) is 1.78. The maximum atomic E-state index is 13.8. The fourth-order valence-electron chi connectivity index (χ4n) is 1.97. The number of carbonyl (C=O) groups is 1. The topological polar surface area (TPSA) is 52.1 Å². The van der Waals surface area contributed by atoms with Crippen molar-refractivity contribution in [2.24, 2.45) is 0 Å². The molecular weight excluding hydrogens is 326 g/mol. The first-order valence-corrected chi connectivity index (χ1v) is 7.45. The summed E-state index contributed by atoms with van der Waals surface area (Å²) >= 11 is 5.66. The van der Waals surface area contributed by atoms with Gasteiger partial charge in [-0.05, 0) is 49.6 Å². The number of Topliss-reactive ketones (excluding diaryl/α,β-unsaturated/α-hetero) is 1. The predicted octanol–water partition coefficient (Wildman–Crippen LogP) is 4.21. The van der Waals surface area contributed by atoms with Gasteiger partial charge in [-0.2, -0.15) is 0 Å². The maximum absolute atomic E-state index is 13.8.